The lowest BCUT2D eigenvalue weighted by atomic mass is 10.1. The van der Waals surface area contributed by atoms with Gasteiger partial charge in [-0.2, -0.15) is 0 Å². The number of aromatic nitrogens is 1. The second kappa shape index (κ2) is 9.74. The molecule has 2 N–H and O–H groups in total. The molecule has 0 radical (unpaired) electrons. The molecule has 2 heterocycles. The molecule has 8 heteroatoms. The van der Waals surface area contributed by atoms with Crippen molar-refractivity contribution < 1.29 is 18.7 Å². The minimum Gasteiger partial charge on any atom is -0.488 e. The molecule has 1 aromatic carbocycles. The average molecular weight is 410 g/mol. The molecule has 156 valence electrons. The first-order valence-corrected chi connectivity index (χ1v) is 9.62. The van der Waals surface area contributed by atoms with Crippen molar-refractivity contribution in [2.24, 2.45) is 0 Å². The lowest BCUT2D eigenvalue weighted by molar-refractivity contribution is -0.131. The minimum absolute atomic E-state index is 0.00238. The summed E-state index contributed by atoms with van der Waals surface area (Å²) in [6, 6.07) is 7.11. The van der Waals surface area contributed by atoms with E-state index in [4.69, 9.17) is 11.2 Å². The number of pyridine rings is 1. The first-order valence-electron chi connectivity index (χ1n) is 9.62. The highest BCUT2D eigenvalue weighted by molar-refractivity contribution is 5.89. The molecule has 30 heavy (non-hydrogen) atoms. The SMILES string of the molecule is C#Cc1ccc(NC(=O)NCc2cc(F)cc(O[C@@H]3CCCN(C(C)=O)C3)c2)cn1. The first kappa shape index (κ1) is 21.1. The van der Waals surface area contributed by atoms with E-state index in [1.54, 1.807) is 23.1 Å². The van der Waals surface area contributed by atoms with E-state index in [2.05, 4.69) is 21.5 Å². The van der Waals surface area contributed by atoms with Crippen LogP contribution in [0.3, 0.4) is 0 Å². The Labute approximate surface area is 174 Å². The molecule has 0 bridgehead atoms. The maximum Gasteiger partial charge on any atom is 0.319 e. The number of halogens is 1. The number of terminal acetylenes is 1. The number of piperidine rings is 1. The summed E-state index contributed by atoms with van der Waals surface area (Å²) in [5, 5.41) is 5.29. The summed E-state index contributed by atoms with van der Waals surface area (Å²) in [4.78, 5) is 29.4. The van der Waals surface area contributed by atoms with Gasteiger partial charge in [0.1, 0.15) is 23.4 Å². The van der Waals surface area contributed by atoms with E-state index in [0.717, 1.165) is 12.8 Å². The van der Waals surface area contributed by atoms with Crippen molar-refractivity contribution >= 4 is 17.6 Å². The maximum absolute atomic E-state index is 14.0. The number of likely N-dealkylation sites (tertiary alicyclic amines) is 1. The van der Waals surface area contributed by atoms with Crippen molar-refractivity contribution in [2.75, 3.05) is 18.4 Å². The van der Waals surface area contributed by atoms with Crippen molar-refractivity contribution in [3.05, 3.63) is 53.6 Å². The number of nitrogens with one attached hydrogen (secondary N) is 2. The molecular formula is C22H23FN4O3. The van der Waals surface area contributed by atoms with E-state index in [0.29, 0.717) is 35.8 Å². The molecular weight excluding hydrogens is 387 g/mol. The van der Waals surface area contributed by atoms with Gasteiger partial charge in [-0.3, -0.25) is 4.79 Å². The largest absolute Gasteiger partial charge is 0.488 e. The summed E-state index contributed by atoms with van der Waals surface area (Å²) < 4.78 is 19.9. The quantitative estimate of drug-likeness (QED) is 0.743. The molecule has 1 atom stereocenters. The third-order valence-corrected chi connectivity index (χ3v) is 4.68. The standard InChI is InChI=1S/C22H23FN4O3/c1-3-18-6-7-19(13-24-18)26-22(29)25-12-16-9-17(23)11-21(10-16)30-20-5-4-8-27(14-20)15(2)28/h1,6-7,9-11,13,20H,4-5,8,12,14H2,2H3,(H2,25,26,29)/t20-/m1/s1. The third-order valence-electron chi connectivity index (χ3n) is 4.68. The van der Waals surface area contributed by atoms with Gasteiger partial charge in [0.05, 0.1) is 18.4 Å². The number of rotatable bonds is 5. The highest BCUT2D eigenvalue weighted by atomic mass is 19.1. The number of carbonyl (C=O) groups is 2. The normalized spacial score (nSPS) is 15.8. The number of ether oxygens (including phenoxy) is 1. The Morgan fingerprint density at radius 1 is 1.37 bits per heavy atom. The maximum atomic E-state index is 14.0. The highest BCUT2D eigenvalue weighted by Gasteiger charge is 2.23. The first-order chi connectivity index (χ1) is 14.4. The zero-order valence-electron chi connectivity index (χ0n) is 16.7. The van der Waals surface area contributed by atoms with Crippen LogP contribution < -0.4 is 15.4 Å². The van der Waals surface area contributed by atoms with E-state index >= 15 is 0 Å². The summed E-state index contributed by atoms with van der Waals surface area (Å²) in [6.07, 6.45) is 8.15. The zero-order chi connectivity index (χ0) is 21.5. The molecule has 1 aliphatic rings. The number of nitrogens with zero attached hydrogens (tertiary/aromatic N) is 2. The lowest BCUT2D eigenvalue weighted by Gasteiger charge is -2.32. The zero-order valence-corrected chi connectivity index (χ0v) is 16.7. The Bertz CT molecular complexity index is 956. The third kappa shape index (κ3) is 5.95. The summed E-state index contributed by atoms with van der Waals surface area (Å²) in [5.74, 6) is 2.31. The van der Waals surface area contributed by atoms with Crippen molar-refractivity contribution in [1.82, 2.24) is 15.2 Å². The Hall–Kier alpha value is -3.60. The number of amides is 3. The monoisotopic (exact) mass is 410 g/mol. The molecule has 1 aromatic heterocycles. The second-order valence-electron chi connectivity index (χ2n) is 7.03. The van der Waals surface area contributed by atoms with Crippen LogP contribution in [0.25, 0.3) is 0 Å². The van der Waals surface area contributed by atoms with Crippen LogP contribution in [0.2, 0.25) is 0 Å². The van der Waals surface area contributed by atoms with Gasteiger partial charge in [0.25, 0.3) is 0 Å². The van der Waals surface area contributed by atoms with Crippen LogP contribution in [0.5, 0.6) is 5.75 Å². The van der Waals surface area contributed by atoms with Gasteiger partial charge in [0.15, 0.2) is 0 Å². The fourth-order valence-electron chi connectivity index (χ4n) is 3.21. The molecule has 1 aliphatic heterocycles. The van der Waals surface area contributed by atoms with Gasteiger partial charge in [0.2, 0.25) is 5.91 Å². The van der Waals surface area contributed by atoms with Crippen LogP contribution in [0.4, 0.5) is 14.9 Å². The van der Waals surface area contributed by atoms with Gasteiger partial charge in [-0.05, 0) is 42.7 Å². The lowest BCUT2D eigenvalue weighted by Crippen LogP contribution is -2.43. The fourth-order valence-corrected chi connectivity index (χ4v) is 3.21. The van der Waals surface area contributed by atoms with Gasteiger partial charge >= 0.3 is 6.03 Å². The minimum atomic E-state index is -0.460. The number of carbonyl (C=O) groups excluding carboxylic acids is 2. The van der Waals surface area contributed by atoms with Gasteiger partial charge in [-0.15, -0.1) is 6.42 Å². The predicted molar refractivity (Wildman–Crippen MR) is 110 cm³/mol. The van der Waals surface area contributed by atoms with Crippen LogP contribution in [0.15, 0.2) is 36.5 Å². The van der Waals surface area contributed by atoms with Crippen molar-refractivity contribution in [3.8, 4) is 18.1 Å². The summed E-state index contributed by atoms with van der Waals surface area (Å²) in [5.41, 5.74) is 1.51. The Kier molecular flexibility index (Phi) is 6.86. The van der Waals surface area contributed by atoms with Crippen LogP contribution >= 0.6 is 0 Å². The Morgan fingerprint density at radius 2 is 2.20 bits per heavy atom. The summed E-state index contributed by atoms with van der Waals surface area (Å²) >= 11 is 0. The number of anilines is 1. The van der Waals surface area contributed by atoms with E-state index in [1.165, 1.54) is 25.3 Å². The Balaban J connectivity index is 1.56. The number of benzene rings is 1. The van der Waals surface area contributed by atoms with Crippen LogP contribution in [0.1, 0.15) is 31.0 Å². The molecule has 7 nitrogen and oxygen atoms in total. The van der Waals surface area contributed by atoms with Crippen molar-refractivity contribution in [1.29, 1.82) is 0 Å². The summed E-state index contributed by atoms with van der Waals surface area (Å²) in [6.45, 7) is 2.83. The van der Waals surface area contributed by atoms with Gasteiger partial charge in [-0.25, -0.2) is 14.2 Å². The molecule has 0 unspecified atom stereocenters. The summed E-state index contributed by atoms with van der Waals surface area (Å²) in [7, 11) is 0. The van der Waals surface area contributed by atoms with E-state index < -0.39 is 11.8 Å². The molecule has 1 saturated heterocycles. The molecule has 1 fully saturated rings. The second-order valence-corrected chi connectivity index (χ2v) is 7.03. The predicted octanol–water partition coefficient (Wildman–Crippen LogP) is 2.91. The van der Waals surface area contributed by atoms with E-state index in [9.17, 15) is 14.0 Å². The highest BCUT2D eigenvalue weighted by Crippen LogP contribution is 2.21. The van der Waals surface area contributed by atoms with Crippen LogP contribution in [0, 0.1) is 18.2 Å². The molecule has 3 rings (SSSR count). The fraction of sp³-hybridized carbons (Fsp3) is 0.318. The molecule has 0 saturated carbocycles. The number of hydrogen-bond acceptors (Lipinski definition) is 4. The molecule has 2 aromatic rings. The van der Waals surface area contributed by atoms with E-state index in [-0.39, 0.29) is 18.6 Å². The Morgan fingerprint density at radius 3 is 2.90 bits per heavy atom. The van der Waals surface area contributed by atoms with Gasteiger partial charge in [-0.1, -0.05) is 5.92 Å². The molecule has 3 amide bonds. The molecule has 0 spiro atoms. The van der Waals surface area contributed by atoms with Crippen LogP contribution in [-0.4, -0.2) is 41.0 Å². The van der Waals surface area contributed by atoms with Gasteiger partial charge in [0, 0.05) is 26.1 Å². The average Bonchev–Trinajstić information content (AvgIpc) is 2.72. The number of urea groups is 1. The smallest absolute Gasteiger partial charge is 0.319 e. The van der Waals surface area contributed by atoms with Crippen molar-refractivity contribution in [2.45, 2.75) is 32.4 Å². The van der Waals surface area contributed by atoms with Crippen LogP contribution in [-0.2, 0) is 11.3 Å². The van der Waals surface area contributed by atoms with Gasteiger partial charge < -0.3 is 20.3 Å². The van der Waals surface area contributed by atoms with E-state index in [1.807, 2.05) is 0 Å². The van der Waals surface area contributed by atoms with Crippen molar-refractivity contribution in [3.63, 3.8) is 0 Å². The molecule has 0 aliphatic carbocycles. The topological polar surface area (TPSA) is 83.6 Å². The number of hydrogen-bond donors (Lipinski definition) is 2.